The minimum absolute atomic E-state index is 0.215. The first-order valence-corrected chi connectivity index (χ1v) is 8.29. The topological polar surface area (TPSA) is 16.1 Å². The number of fused-ring (bicyclic) bond motifs is 1. The molecule has 0 saturated heterocycles. The molecule has 0 radical (unpaired) electrons. The average molecular weight is 318 g/mol. The van der Waals surface area contributed by atoms with Gasteiger partial charge in [0.05, 0.1) is 5.69 Å². The van der Waals surface area contributed by atoms with Gasteiger partial charge in [-0.3, -0.25) is 9.88 Å². The van der Waals surface area contributed by atoms with Crippen molar-refractivity contribution in [3.05, 3.63) is 89.4 Å². The Kier molecular flexibility index (Phi) is 4.09. The summed E-state index contributed by atoms with van der Waals surface area (Å²) in [6.45, 7) is 2.92. The van der Waals surface area contributed by atoms with Gasteiger partial charge in [0, 0.05) is 37.3 Å². The van der Waals surface area contributed by atoms with E-state index in [1.54, 1.807) is 12.1 Å². The van der Waals surface area contributed by atoms with Crippen LogP contribution >= 0.6 is 0 Å². The second-order valence-corrected chi connectivity index (χ2v) is 6.26. The molecule has 1 aromatic heterocycles. The van der Waals surface area contributed by atoms with Crippen molar-refractivity contribution in [3.63, 3.8) is 0 Å². The Labute approximate surface area is 141 Å². The summed E-state index contributed by atoms with van der Waals surface area (Å²) >= 11 is 0. The molecule has 3 heteroatoms. The zero-order valence-electron chi connectivity index (χ0n) is 13.5. The number of hydrogen-bond donors (Lipinski definition) is 0. The van der Waals surface area contributed by atoms with Crippen LogP contribution < -0.4 is 0 Å². The molecule has 2 heterocycles. The molecule has 0 aliphatic carbocycles. The summed E-state index contributed by atoms with van der Waals surface area (Å²) in [5.74, 6) is -0.215. The maximum absolute atomic E-state index is 13.1. The van der Waals surface area contributed by atoms with Crippen molar-refractivity contribution in [1.29, 1.82) is 0 Å². The lowest BCUT2D eigenvalue weighted by molar-refractivity contribution is 0.243. The third-order valence-electron chi connectivity index (χ3n) is 4.52. The minimum Gasteiger partial charge on any atom is -0.294 e. The molecule has 0 fully saturated rings. The van der Waals surface area contributed by atoms with Crippen LogP contribution in [0.1, 0.15) is 16.8 Å². The number of halogens is 1. The summed E-state index contributed by atoms with van der Waals surface area (Å²) < 4.78 is 13.1. The summed E-state index contributed by atoms with van der Waals surface area (Å²) in [5, 5.41) is 0. The van der Waals surface area contributed by atoms with E-state index in [1.807, 2.05) is 6.07 Å². The van der Waals surface area contributed by atoms with Gasteiger partial charge in [-0.25, -0.2) is 4.39 Å². The number of hydrogen-bond acceptors (Lipinski definition) is 2. The van der Waals surface area contributed by atoms with Crippen LogP contribution in [0.3, 0.4) is 0 Å². The third-order valence-corrected chi connectivity index (χ3v) is 4.52. The minimum atomic E-state index is -0.215. The Morgan fingerprint density at radius 3 is 2.50 bits per heavy atom. The van der Waals surface area contributed by atoms with E-state index < -0.39 is 0 Å². The molecule has 0 amide bonds. The lowest BCUT2D eigenvalue weighted by Gasteiger charge is -2.28. The standard InChI is InChI=1S/C21H19FN2/c22-19-9-6-17(7-10-19)20-11-8-18-15-24(13-12-21(18)23-20)14-16-4-2-1-3-5-16/h1-11H,12-15H2. The highest BCUT2D eigenvalue weighted by Gasteiger charge is 2.18. The molecular formula is C21H19FN2. The molecule has 0 unspecified atom stereocenters. The van der Waals surface area contributed by atoms with Crippen molar-refractivity contribution in [2.24, 2.45) is 0 Å². The van der Waals surface area contributed by atoms with Gasteiger partial charge >= 0.3 is 0 Å². The Hall–Kier alpha value is -2.52. The van der Waals surface area contributed by atoms with Gasteiger partial charge < -0.3 is 0 Å². The molecule has 24 heavy (non-hydrogen) atoms. The molecule has 2 aromatic carbocycles. The SMILES string of the molecule is Fc1ccc(-c2ccc3c(n2)CCN(Cc2ccccc2)C3)cc1. The highest BCUT2D eigenvalue weighted by atomic mass is 19.1. The van der Waals surface area contributed by atoms with E-state index in [0.717, 1.165) is 37.3 Å². The molecule has 4 rings (SSSR count). The average Bonchev–Trinajstić information content (AvgIpc) is 2.63. The number of nitrogens with zero attached hydrogens (tertiary/aromatic N) is 2. The number of aromatic nitrogens is 1. The molecule has 0 atom stereocenters. The summed E-state index contributed by atoms with van der Waals surface area (Å²) in [5.41, 5.74) is 5.69. The summed E-state index contributed by atoms with van der Waals surface area (Å²) in [4.78, 5) is 7.26. The van der Waals surface area contributed by atoms with E-state index in [-0.39, 0.29) is 5.82 Å². The van der Waals surface area contributed by atoms with E-state index in [4.69, 9.17) is 4.98 Å². The second-order valence-electron chi connectivity index (χ2n) is 6.26. The highest BCUT2D eigenvalue weighted by Crippen LogP contribution is 2.24. The lowest BCUT2D eigenvalue weighted by Crippen LogP contribution is -2.30. The highest BCUT2D eigenvalue weighted by molar-refractivity contribution is 5.59. The fourth-order valence-corrected chi connectivity index (χ4v) is 3.23. The van der Waals surface area contributed by atoms with Crippen LogP contribution in [0.5, 0.6) is 0 Å². The Bertz CT molecular complexity index is 828. The van der Waals surface area contributed by atoms with Gasteiger partial charge in [-0.15, -0.1) is 0 Å². The largest absolute Gasteiger partial charge is 0.294 e. The zero-order chi connectivity index (χ0) is 16.4. The molecular weight excluding hydrogens is 299 g/mol. The van der Waals surface area contributed by atoms with Gasteiger partial charge in [-0.05, 0) is 41.5 Å². The van der Waals surface area contributed by atoms with Crippen molar-refractivity contribution in [1.82, 2.24) is 9.88 Å². The van der Waals surface area contributed by atoms with Crippen LogP contribution in [0.25, 0.3) is 11.3 Å². The summed E-state index contributed by atoms with van der Waals surface area (Å²) in [6, 6.07) is 21.3. The van der Waals surface area contributed by atoms with E-state index in [0.29, 0.717) is 0 Å². The van der Waals surface area contributed by atoms with Crippen molar-refractivity contribution in [3.8, 4) is 11.3 Å². The predicted molar refractivity (Wildman–Crippen MR) is 93.9 cm³/mol. The molecule has 2 nitrogen and oxygen atoms in total. The van der Waals surface area contributed by atoms with Crippen molar-refractivity contribution in [2.75, 3.05) is 6.54 Å². The van der Waals surface area contributed by atoms with E-state index in [2.05, 4.69) is 41.3 Å². The predicted octanol–water partition coefficient (Wildman–Crippen LogP) is 4.45. The normalized spacial score (nSPS) is 14.4. The Morgan fingerprint density at radius 2 is 1.71 bits per heavy atom. The van der Waals surface area contributed by atoms with Gasteiger partial charge in [0.2, 0.25) is 0 Å². The lowest BCUT2D eigenvalue weighted by atomic mass is 10.0. The maximum Gasteiger partial charge on any atom is 0.123 e. The van der Waals surface area contributed by atoms with E-state index >= 15 is 0 Å². The molecule has 120 valence electrons. The molecule has 1 aliphatic rings. The van der Waals surface area contributed by atoms with E-state index in [9.17, 15) is 4.39 Å². The van der Waals surface area contributed by atoms with Crippen LogP contribution in [0.15, 0.2) is 66.7 Å². The molecule has 0 bridgehead atoms. The third kappa shape index (κ3) is 3.22. The van der Waals surface area contributed by atoms with Crippen molar-refractivity contribution >= 4 is 0 Å². The molecule has 0 spiro atoms. The van der Waals surface area contributed by atoms with Gasteiger partial charge in [0.15, 0.2) is 0 Å². The first kappa shape index (κ1) is 15.0. The zero-order valence-corrected chi connectivity index (χ0v) is 13.5. The smallest absolute Gasteiger partial charge is 0.123 e. The monoisotopic (exact) mass is 318 g/mol. The molecule has 1 aliphatic heterocycles. The number of pyridine rings is 1. The summed E-state index contributed by atoms with van der Waals surface area (Å²) in [6.07, 6.45) is 0.956. The quantitative estimate of drug-likeness (QED) is 0.709. The van der Waals surface area contributed by atoms with Gasteiger partial charge in [-0.2, -0.15) is 0 Å². The second kappa shape index (κ2) is 6.54. The van der Waals surface area contributed by atoms with Gasteiger partial charge in [0.25, 0.3) is 0 Å². The van der Waals surface area contributed by atoms with Crippen LogP contribution in [-0.2, 0) is 19.5 Å². The number of rotatable bonds is 3. The first-order valence-electron chi connectivity index (χ1n) is 8.29. The van der Waals surface area contributed by atoms with Crippen LogP contribution in [-0.4, -0.2) is 16.4 Å². The van der Waals surface area contributed by atoms with Crippen molar-refractivity contribution in [2.45, 2.75) is 19.5 Å². The fourth-order valence-electron chi connectivity index (χ4n) is 3.23. The first-order chi connectivity index (χ1) is 11.8. The van der Waals surface area contributed by atoms with Crippen LogP contribution in [0.2, 0.25) is 0 Å². The van der Waals surface area contributed by atoms with Crippen molar-refractivity contribution < 1.29 is 4.39 Å². The molecule has 0 N–H and O–H groups in total. The van der Waals surface area contributed by atoms with Gasteiger partial charge in [0.1, 0.15) is 5.82 Å². The van der Waals surface area contributed by atoms with Crippen LogP contribution in [0.4, 0.5) is 4.39 Å². The Balaban J connectivity index is 1.52. The Morgan fingerprint density at radius 1 is 0.917 bits per heavy atom. The molecule has 3 aromatic rings. The molecule has 0 saturated carbocycles. The van der Waals surface area contributed by atoms with Crippen LogP contribution in [0, 0.1) is 5.82 Å². The summed E-state index contributed by atoms with van der Waals surface area (Å²) in [7, 11) is 0. The number of benzene rings is 2. The van der Waals surface area contributed by atoms with Gasteiger partial charge in [-0.1, -0.05) is 36.4 Å². The van der Waals surface area contributed by atoms with E-state index in [1.165, 1.54) is 29.0 Å². The fraction of sp³-hybridized carbons (Fsp3) is 0.190. The maximum atomic E-state index is 13.1.